The molecule has 0 aromatic heterocycles. The monoisotopic (exact) mass is 310 g/mol. The molecule has 1 aromatic carbocycles. The molecule has 0 aliphatic carbocycles. The summed E-state index contributed by atoms with van der Waals surface area (Å²) in [5.74, 6) is -0.616. The third-order valence-electron chi connectivity index (χ3n) is 2.57. The third kappa shape index (κ3) is 4.66. The standard InChI is InChI=1S/C12H14ClF3N2O2/c1-20-8(6-17)5-11(19)18-10-3-2-7(13)4-9(10)12(14,15)16/h2-4,8H,5-6,17H2,1H3,(H,18,19). The van der Waals surface area contributed by atoms with Crippen molar-refractivity contribution in [1.29, 1.82) is 0 Å². The number of methoxy groups -OCH3 is 1. The van der Waals surface area contributed by atoms with Crippen LogP contribution in [0.2, 0.25) is 5.02 Å². The average molecular weight is 311 g/mol. The fourth-order valence-electron chi connectivity index (χ4n) is 1.53. The van der Waals surface area contributed by atoms with Gasteiger partial charge in [0.25, 0.3) is 0 Å². The first kappa shape index (κ1) is 16.7. The first-order valence-corrected chi connectivity index (χ1v) is 6.05. The van der Waals surface area contributed by atoms with E-state index >= 15 is 0 Å². The van der Waals surface area contributed by atoms with Gasteiger partial charge >= 0.3 is 6.18 Å². The fourth-order valence-corrected chi connectivity index (χ4v) is 1.70. The van der Waals surface area contributed by atoms with E-state index < -0.39 is 23.8 Å². The number of carbonyl (C=O) groups is 1. The summed E-state index contributed by atoms with van der Waals surface area (Å²) < 4.78 is 43.4. The minimum absolute atomic E-state index is 0.0629. The van der Waals surface area contributed by atoms with E-state index in [1.807, 2.05) is 0 Å². The Morgan fingerprint density at radius 2 is 2.15 bits per heavy atom. The van der Waals surface area contributed by atoms with Gasteiger partial charge in [0.05, 0.1) is 23.8 Å². The van der Waals surface area contributed by atoms with Crippen molar-refractivity contribution in [3.05, 3.63) is 28.8 Å². The summed E-state index contributed by atoms with van der Waals surface area (Å²) in [5, 5.41) is 2.13. The predicted molar refractivity (Wildman–Crippen MR) is 69.6 cm³/mol. The SMILES string of the molecule is COC(CN)CC(=O)Nc1ccc(Cl)cc1C(F)(F)F. The average Bonchev–Trinajstić information content (AvgIpc) is 2.36. The number of carbonyl (C=O) groups excluding carboxylic acids is 1. The summed E-state index contributed by atoms with van der Waals surface area (Å²) in [6.45, 7) is 0.0939. The molecule has 0 saturated carbocycles. The maximum atomic E-state index is 12.8. The van der Waals surface area contributed by atoms with Crippen molar-refractivity contribution < 1.29 is 22.7 Å². The van der Waals surface area contributed by atoms with Crippen LogP contribution in [-0.2, 0) is 15.7 Å². The van der Waals surface area contributed by atoms with Crippen molar-refractivity contribution >= 4 is 23.2 Å². The van der Waals surface area contributed by atoms with Crippen LogP contribution in [0.5, 0.6) is 0 Å². The third-order valence-corrected chi connectivity index (χ3v) is 2.81. The molecular weight excluding hydrogens is 297 g/mol. The Bertz CT molecular complexity index is 476. The highest BCUT2D eigenvalue weighted by molar-refractivity contribution is 6.30. The molecule has 0 saturated heterocycles. The van der Waals surface area contributed by atoms with E-state index in [0.717, 1.165) is 12.1 Å². The molecule has 1 aromatic rings. The van der Waals surface area contributed by atoms with E-state index in [9.17, 15) is 18.0 Å². The fraction of sp³-hybridized carbons (Fsp3) is 0.417. The lowest BCUT2D eigenvalue weighted by Gasteiger charge is -2.16. The molecule has 1 amide bonds. The van der Waals surface area contributed by atoms with Crippen molar-refractivity contribution in [2.75, 3.05) is 19.0 Å². The maximum Gasteiger partial charge on any atom is 0.418 e. The van der Waals surface area contributed by atoms with E-state index in [4.69, 9.17) is 22.1 Å². The highest BCUT2D eigenvalue weighted by atomic mass is 35.5. The highest BCUT2D eigenvalue weighted by Gasteiger charge is 2.34. The largest absolute Gasteiger partial charge is 0.418 e. The van der Waals surface area contributed by atoms with Gasteiger partial charge in [-0.05, 0) is 18.2 Å². The van der Waals surface area contributed by atoms with Gasteiger partial charge in [0.2, 0.25) is 5.91 Å². The quantitative estimate of drug-likeness (QED) is 0.879. The molecule has 0 heterocycles. The molecule has 112 valence electrons. The normalized spacial score (nSPS) is 13.1. The number of amides is 1. The lowest BCUT2D eigenvalue weighted by molar-refractivity contribution is -0.137. The molecule has 0 bridgehead atoms. The highest BCUT2D eigenvalue weighted by Crippen LogP contribution is 2.36. The zero-order chi connectivity index (χ0) is 15.3. The molecular formula is C12H14ClF3N2O2. The summed E-state index contributed by atoms with van der Waals surface area (Å²) in [5.41, 5.74) is 3.99. The Kier molecular flexibility index (Phi) is 5.79. The molecule has 0 spiro atoms. The Labute approximate surface area is 119 Å². The number of hydrogen-bond acceptors (Lipinski definition) is 3. The van der Waals surface area contributed by atoms with Gasteiger partial charge in [0, 0.05) is 18.7 Å². The maximum absolute atomic E-state index is 12.8. The summed E-state index contributed by atoms with van der Waals surface area (Å²) in [6, 6.07) is 3.13. The van der Waals surface area contributed by atoms with Crippen molar-refractivity contribution in [3.8, 4) is 0 Å². The van der Waals surface area contributed by atoms with E-state index in [1.54, 1.807) is 0 Å². The molecule has 8 heteroatoms. The van der Waals surface area contributed by atoms with Gasteiger partial charge in [-0.2, -0.15) is 13.2 Å². The van der Waals surface area contributed by atoms with Crippen molar-refractivity contribution in [1.82, 2.24) is 0 Å². The van der Waals surface area contributed by atoms with E-state index in [0.29, 0.717) is 0 Å². The lowest BCUT2D eigenvalue weighted by Crippen LogP contribution is -2.28. The van der Waals surface area contributed by atoms with E-state index in [-0.39, 0.29) is 23.7 Å². The molecule has 3 N–H and O–H groups in total. The van der Waals surface area contributed by atoms with Crippen LogP contribution in [0.3, 0.4) is 0 Å². The summed E-state index contributed by atoms with van der Waals surface area (Å²) in [4.78, 5) is 11.7. The molecule has 20 heavy (non-hydrogen) atoms. The zero-order valence-corrected chi connectivity index (χ0v) is 11.4. The van der Waals surface area contributed by atoms with Gasteiger partial charge in [-0.25, -0.2) is 0 Å². The molecule has 4 nitrogen and oxygen atoms in total. The molecule has 0 fully saturated rings. The Balaban J connectivity index is 2.90. The van der Waals surface area contributed by atoms with Crippen LogP contribution in [0.15, 0.2) is 18.2 Å². The van der Waals surface area contributed by atoms with E-state index in [1.165, 1.54) is 13.2 Å². The van der Waals surface area contributed by atoms with Crippen molar-refractivity contribution in [3.63, 3.8) is 0 Å². The summed E-state index contributed by atoms with van der Waals surface area (Å²) in [6.07, 6.45) is -5.29. The molecule has 0 aliphatic heterocycles. The van der Waals surface area contributed by atoms with Crippen LogP contribution in [-0.4, -0.2) is 25.7 Å². The van der Waals surface area contributed by atoms with Gasteiger partial charge in [0.1, 0.15) is 0 Å². The number of nitrogens with two attached hydrogens (primary N) is 1. The number of anilines is 1. The number of alkyl halides is 3. The van der Waals surface area contributed by atoms with Crippen molar-refractivity contribution in [2.24, 2.45) is 5.73 Å². The van der Waals surface area contributed by atoms with Crippen LogP contribution in [0.1, 0.15) is 12.0 Å². The van der Waals surface area contributed by atoms with Crippen LogP contribution in [0, 0.1) is 0 Å². The number of benzene rings is 1. The Morgan fingerprint density at radius 3 is 2.65 bits per heavy atom. The number of rotatable bonds is 5. The summed E-state index contributed by atoms with van der Waals surface area (Å²) in [7, 11) is 1.37. The van der Waals surface area contributed by atoms with Gasteiger partial charge in [-0.1, -0.05) is 11.6 Å². The molecule has 1 unspecified atom stereocenters. The van der Waals surface area contributed by atoms with Gasteiger partial charge in [-0.3, -0.25) is 4.79 Å². The number of ether oxygens (including phenoxy) is 1. The van der Waals surface area contributed by atoms with Gasteiger partial charge in [0.15, 0.2) is 0 Å². The second-order valence-corrected chi connectivity index (χ2v) is 4.47. The smallest absolute Gasteiger partial charge is 0.380 e. The Hall–Kier alpha value is -1.31. The first-order valence-electron chi connectivity index (χ1n) is 5.67. The van der Waals surface area contributed by atoms with Gasteiger partial charge < -0.3 is 15.8 Å². The van der Waals surface area contributed by atoms with Gasteiger partial charge in [-0.15, -0.1) is 0 Å². The topological polar surface area (TPSA) is 64.3 Å². The molecule has 0 aliphatic rings. The zero-order valence-electron chi connectivity index (χ0n) is 10.6. The molecule has 1 rings (SSSR count). The predicted octanol–water partition coefficient (Wildman–Crippen LogP) is 2.66. The molecule has 1 atom stereocenters. The molecule has 0 radical (unpaired) electrons. The van der Waals surface area contributed by atoms with Crippen LogP contribution in [0.25, 0.3) is 0 Å². The Morgan fingerprint density at radius 1 is 1.50 bits per heavy atom. The second kappa shape index (κ2) is 6.92. The second-order valence-electron chi connectivity index (χ2n) is 4.03. The van der Waals surface area contributed by atoms with Crippen molar-refractivity contribution in [2.45, 2.75) is 18.7 Å². The van der Waals surface area contributed by atoms with Crippen LogP contribution >= 0.6 is 11.6 Å². The number of halogens is 4. The lowest BCUT2D eigenvalue weighted by atomic mass is 10.1. The minimum Gasteiger partial charge on any atom is -0.380 e. The number of hydrogen-bond donors (Lipinski definition) is 2. The summed E-state index contributed by atoms with van der Waals surface area (Å²) >= 11 is 5.54. The minimum atomic E-state index is -4.61. The van der Waals surface area contributed by atoms with Crippen LogP contribution < -0.4 is 11.1 Å². The van der Waals surface area contributed by atoms with E-state index in [2.05, 4.69) is 5.32 Å². The first-order chi connectivity index (χ1) is 9.27. The van der Waals surface area contributed by atoms with Crippen LogP contribution in [0.4, 0.5) is 18.9 Å². The number of nitrogens with one attached hydrogen (secondary N) is 1.